The largest absolute Gasteiger partial charge is 0.493 e. The van der Waals surface area contributed by atoms with Crippen LogP contribution in [0.1, 0.15) is 47.3 Å². The Hall–Kier alpha value is -1.81. The van der Waals surface area contributed by atoms with Crippen LogP contribution in [0.5, 0.6) is 5.75 Å². The Labute approximate surface area is 164 Å². The number of esters is 1. The van der Waals surface area contributed by atoms with E-state index in [0.29, 0.717) is 12.2 Å². The van der Waals surface area contributed by atoms with E-state index in [-0.39, 0.29) is 11.4 Å². The molecular weight excluding hydrogens is 392 g/mol. The van der Waals surface area contributed by atoms with Gasteiger partial charge in [-0.3, -0.25) is 0 Å². The summed E-state index contributed by atoms with van der Waals surface area (Å²) in [6.07, 6.45) is 1.94. The number of aryl methyl sites for hydroxylation is 3. The molecule has 0 atom stereocenters. The summed E-state index contributed by atoms with van der Waals surface area (Å²) in [4.78, 5) is 11.5. The number of ether oxygens (including phenoxy) is 2. The molecular formula is C22H27BrO3. The number of rotatable bonds is 7. The van der Waals surface area contributed by atoms with E-state index in [1.54, 1.807) is 0 Å². The van der Waals surface area contributed by atoms with Gasteiger partial charge in [0, 0.05) is 4.47 Å². The molecule has 2 aromatic carbocycles. The summed E-state index contributed by atoms with van der Waals surface area (Å²) >= 11 is 3.59. The number of methoxy groups -OCH3 is 1. The molecule has 0 unspecified atom stereocenters. The van der Waals surface area contributed by atoms with Crippen molar-refractivity contribution in [1.29, 1.82) is 0 Å². The molecule has 0 aliphatic heterocycles. The first-order valence-electron chi connectivity index (χ1n) is 8.79. The summed E-state index contributed by atoms with van der Waals surface area (Å²) in [7, 11) is 1.40. The highest BCUT2D eigenvalue weighted by atomic mass is 79.9. The quantitative estimate of drug-likeness (QED) is 0.525. The van der Waals surface area contributed by atoms with Gasteiger partial charge in [-0.2, -0.15) is 0 Å². The topological polar surface area (TPSA) is 35.5 Å². The number of halogens is 1. The van der Waals surface area contributed by atoms with Gasteiger partial charge in [-0.1, -0.05) is 41.9 Å². The van der Waals surface area contributed by atoms with Crippen LogP contribution in [0.3, 0.4) is 0 Å². The Kier molecular flexibility index (Phi) is 6.87. The van der Waals surface area contributed by atoms with Crippen molar-refractivity contribution < 1.29 is 14.3 Å². The highest BCUT2D eigenvalue weighted by Crippen LogP contribution is 2.29. The maximum atomic E-state index is 11.5. The maximum absolute atomic E-state index is 11.5. The van der Waals surface area contributed by atoms with Crippen LogP contribution in [0.25, 0.3) is 0 Å². The van der Waals surface area contributed by atoms with Gasteiger partial charge in [-0.05, 0) is 73.1 Å². The summed E-state index contributed by atoms with van der Waals surface area (Å²) in [6.45, 7) is 9.25. The summed E-state index contributed by atoms with van der Waals surface area (Å²) < 4.78 is 11.9. The van der Waals surface area contributed by atoms with Crippen molar-refractivity contribution in [2.24, 2.45) is 5.41 Å². The Morgan fingerprint density at radius 1 is 1.08 bits per heavy atom. The summed E-state index contributed by atoms with van der Waals surface area (Å²) in [5.41, 5.74) is 4.21. The van der Waals surface area contributed by atoms with Crippen LogP contribution in [0, 0.1) is 19.3 Å². The minimum Gasteiger partial charge on any atom is -0.493 e. The second kappa shape index (κ2) is 8.72. The number of benzene rings is 2. The molecule has 0 N–H and O–H groups in total. The molecule has 0 aliphatic carbocycles. The average molecular weight is 419 g/mol. The lowest BCUT2D eigenvalue weighted by Crippen LogP contribution is -2.22. The highest BCUT2D eigenvalue weighted by Gasteiger charge is 2.19. The third kappa shape index (κ3) is 5.60. The van der Waals surface area contributed by atoms with Crippen LogP contribution in [-0.2, 0) is 11.2 Å². The minimum atomic E-state index is -0.301. The first kappa shape index (κ1) is 20.5. The Balaban J connectivity index is 1.91. The molecule has 3 nitrogen and oxygen atoms in total. The van der Waals surface area contributed by atoms with Gasteiger partial charge in [0.15, 0.2) is 0 Å². The zero-order chi connectivity index (χ0) is 19.3. The van der Waals surface area contributed by atoms with E-state index in [1.165, 1.54) is 23.8 Å². The van der Waals surface area contributed by atoms with Crippen LogP contribution < -0.4 is 4.74 Å². The standard InChI is InChI=1S/C22H27BrO3/c1-15-12-19(13-16(2)20(15)23)26-14-22(3,4)11-10-17-6-8-18(9-7-17)21(24)25-5/h6-9,12-13H,10-11,14H2,1-5H3. The van der Waals surface area contributed by atoms with Crippen LogP contribution in [0.2, 0.25) is 0 Å². The lowest BCUT2D eigenvalue weighted by molar-refractivity contribution is 0.0600. The second-order valence-corrected chi connectivity index (χ2v) is 8.31. The summed E-state index contributed by atoms with van der Waals surface area (Å²) in [6, 6.07) is 11.8. The smallest absolute Gasteiger partial charge is 0.337 e. The number of hydrogen-bond acceptors (Lipinski definition) is 3. The lowest BCUT2D eigenvalue weighted by Gasteiger charge is -2.25. The van der Waals surface area contributed by atoms with E-state index in [9.17, 15) is 4.79 Å². The predicted octanol–water partition coefficient (Wildman–Crippen LogP) is 5.89. The van der Waals surface area contributed by atoms with Crippen molar-refractivity contribution in [3.63, 3.8) is 0 Å². The molecule has 0 amide bonds. The molecule has 140 valence electrons. The Bertz CT molecular complexity index is 740. The Morgan fingerprint density at radius 3 is 2.19 bits per heavy atom. The molecule has 0 spiro atoms. The predicted molar refractivity (Wildman–Crippen MR) is 109 cm³/mol. The second-order valence-electron chi connectivity index (χ2n) is 7.51. The fourth-order valence-corrected chi connectivity index (χ4v) is 2.98. The molecule has 0 bridgehead atoms. The van der Waals surface area contributed by atoms with E-state index in [0.717, 1.165) is 23.1 Å². The first-order valence-corrected chi connectivity index (χ1v) is 9.58. The van der Waals surface area contributed by atoms with Gasteiger partial charge in [0.05, 0.1) is 19.3 Å². The molecule has 2 aromatic rings. The van der Waals surface area contributed by atoms with Gasteiger partial charge in [0.25, 0.3) is 0 Å². The first-order chi connectivity index (χ1) is 12.2. The van der Waals surface area contributed by atoms with Crippen LogP contribution in [0.4, 0.5) is 0 Å². The molecule has 0 saturated carbocycles. The molecule has 0 saturated heterocycles. The van der Waals surface area contributed by atoms with Gasteiger partial charge >= 0.3 is 5.97 Å². The van der Waals surface area contributed by atoms with E-state index in [1.807, 2.05) is 24.3 Å². The number of carbonyl (C=O) groups is 1. The highest BCUT2D eigenvalue weighted by molar-refractivity contribution is 9.10. The van der Waals surface area contributed by atoms with Crippen molar-refractivity contribution in [1.82, 2.24) is 0 Å². The molecule has 0 heterocycles. The number of hydrogen-bond donors (Lipinski definition) is 0. The third-order valence-corrected chi connectivity index (χ3v) is 5.76. The number of carbonyl (C=O) groups excluding carboxylic acids is 1. The van der Waals surface area contributed by atoms with Gasteiger partial charge in [0.2, 0.25) is 0 Å². The van der Waals surface area contributed by atoms with Crippen LogP contribution in [-0.4, -0.2) is 19.7 Å². The zero-order valence-corrected chi connectivity index (χ0v) is 17.8. The van der Waals surface area contributed by atoms with E-state index < -0.39 is 0 Å². The third-order valence-electron chi connectivity index (χ3n) is 4.51. The van der Waals surface area contributed by atoms with Gasteiger partial charge in [0.1, 0.15) is 5.75 Å². The molecule has 0 fully saturated rings. The van der Waals surface area contributed by atoms with Crippen LogP contribution in [0.15, 0.2) is 40.9 Å². The Morgan fingerprint density at radius 2 is 1.65 bits per heavy atom. The molecule has 4 heteroatoms. The van der Waals surface area contributed by atoms with Crippen molar-refractivity contribution in [2.45, 2.75) is 40.5 Å². The maximum Gasteiger partial charge on any atom is 0.337 e. The average Bonchev–Trinajstić information content (AvgIpc) is 2.62. The van der Waals surface area contributed by atoms with Crippen molar-refractivity contribution in [2.75, 3.05) is 13.7 Å². The van der Waals surface area contributed by atoms with Gasteiger partial charge < -0.3 is 9.47 Å². The van der Waals surface area contributed by atoms with Gasteiger partial charge in [-0.25, -0.2) is 4.79 Å². The fraction of sp³-hybridized carbons (Fsp3) is 0.409. The molecule has 0 aliphatic rings. The normalized spacial score (nSPS) is 11.3. The minimum absolute atomic E-state index is 0.0515. The van der Waals surface area contributed by atoms with Crippen LogP contribution >= 0.6 is 15.9 Å². The fourth-order valence-electron chi connectivity index (χ4n) is 2.75. The molecule has 2 rings (SSSR count). The van der Waals surface area contributed by atoms with E-state index in [2.05, 4.69) is 55.8 Å². The summed E-state index contributed by atoms with van der Waals surface area (Å²) in [5, 5.41) is 0. The van der Waals surface area contributed by atoms with Crippen molar-refractivity contribution in [3.05, 3.63) is 63.1 Å². The van der Waals surface area contributed by atoms with Crippen molar-refractivity contribution >= 4 is 21.9 Å². The monoisotopic (exact) mass is 418 g/mol. The SMILES string of the molecule is COC(=O)c1ccc(CCC(C)(C)COc2cc(C)c(Br)c(C)c2)cc1. The molecule has 0 radical (unpaired) electrons. The lowest BCUT2D eigenvalue weighted by atomic mass is 9.87. The van der Waals surface area contributed by atoms with Crippen molar-refractivity contribution in [3.8, 4) is 5.75 Å². The zero-order valence-electron chi connectivity index (χ0n) is 16.2. The molecule has 0 aromatic heterocycles. The summed E-state index contributed by atoms with van der Waals surface area (Å²) in [5.74, 6) is 0.615. The molecule has 26 heavy (non-hydrogen) atoms. The van der Waals surface area contributed by atoms with E-state index >= 15 is 0 Å². The van der Waals surface area contributed by atoms with E-state index in [4.69, 9.17) is 9.47 Å². The van der Waals surface area contributed by atoms with Gasteiger partial charge in [-0.15, -0.1) is 0 Å².